The minimum atomic E-state index is -1.17. The van der Waals surface area contributed by atoms with Crippen LogP contribution in [0.15, 0.2) is 29.6 Å². The van der Waals surface area contributed by atoms with Crippen molar-refractivity contribution in [1.82, 2.24) is 9.97 Å². The van der Waals surface area contributed by atoms with E-state index in [0.29, 0.717) is 10.6 Å². The third-order valence-corrected chi connectivity index (χ3v) is 4.53. The van der Waals surface area contributed by atoms with Crippen molar-refractivity contribution < 1.29 is 9.90 Å². The maximum absolute atomic E-state index is 10.7. The van der Waals surface area contributed by atoms with Gasteiger partial charge in [0.1, 0.15) is 11.1 Å². The molecule has 22 heavy (non-hydrogen) atoms. The van der Waals surface area contributed by atoms with Crippen LogP contribution in [0.1, 0.15) is 23.2 Å². The summed E-state index contributed by atoms with van der Waals surface area (Å²) < 4.78 is 0. The number of carbonyl (C=O) groups is 1. The molecule has 0 spiro atoms. The van der Waals surface area contributed by atoms with Crippen LogP contribution in [0.3, 0.4) is 0 Å². The molecule has 0 saturated heterocycles. The number of hydrogen-bond donors (Lipinski definition) is 0. The molecule has 110 valence electrons. The van der Waals surface area contributed by atoms with Gasteiger partial charge in [-0.05, 0) is 30.9 Å². The monoisotopic (exact) mass is 310 g/mol. The van der Waals surface area contributed by atoms with Gasteiger partial charge in [-0.2, -0.15) is 5.26 Å². The van der Waals surface area contributed by atoms with Gasteiger partial charge in [-0.3, -0.25) is 4.98 Å². The number of nitriles is 1. The highest BCUT2D eigenvalue weighted by Crippen LogP contribution is 2.38. The summed E-state index contributed by atoms with van der Waals surface area (Å²) >= 11 is 1.04. The Kier molecular flexibility index (Phi) is 4.07. The number of carbonyl (C=O) groups excluding carboxylic acids is 1. The van der Waals surface area contributed by atoms with Gasteiger partial charge in [0.2, 0.25) is 0 Å². The third-order valence-electron chi connectivity index (χ3n) is 3.58. The normalized spacial score (nSPS) is 12.7. The molecular weight excluding hydrogens is 298 g/mol. The lowest BCUT2D eigenvalue weighted by atomic mass is 9.97. The van der Waals surface area contributed by atoms with Gasteiger partial charge in [0, 0.05) is 35.0 Å². The second kappa shape index (κ2) is 6.16. The van der Waals surface area contributed by atoms with E-state index < -0.39 is 5.97 Å². The fourth-order valence-electron chi connectivity index (χ4n) is 2.72. The van der Waals surface area contributed by atoms with E-state index in [2.05, 4.69) is 16.0 Å². The molecule has 3 rings (SSSR count). The molecule has 0 amide bonds. The standard InChI is InChI=1S/C16H13N3O2S/c17-7-12-15(10-3-2-6-18-8-10)11-4-1-5-13(11)19-16(12)22-9-14(20)21/h2-3,6,8H,1,4-5,9H2,(H,20,21)/p-1. The first-order valence-corrected chi connectivity index (χ1v) is 7.88. The van der Waals surface area contributed by atoms with Crippen LogP contribution in [0.2, 0.25) is 0 Å². The Morgan fingerprint density at radius 1 is 1.45 bits per heavy atom. The second-order valence-corrected chi connectivity index (χ2v) is 5.92. The second-order valence-electron chi connectivity index (χ2n) is 4.96. The molecule has 1 aliphatic rings. The Hall–Kier alpha value is -2.39. The predicted molar refractivity (Wildman–Crippen MR) is 79.9 cm³/mol. The van der Waals surface area contributed by atoms with Crippen molar-refractivity contribution in [2.75, 3.05) is 5.75 Å². The summed E-state index contributed by atoms with van der Waals surface area (Å²) in [6.07, 6.45) is 6.14. The number of aromatic nitrogens is 2. The van der Waals surface area contributed by atoms with Crippen molar-refractivity contribution in [2.45, 2.75) is 24.3 Å². The van der Waals surface area contributed by atoms with Gasteiger partial charge in [0.25, 0.3) is 0 Å². The quantitative estimate of drug-likeness (QED) is 0.792. The molecule has 0 N–H and O–H groups in total. The molecule has 6 heteroatoms. The van der Waals surface area contributed by atoms with E-state index in [0.717, 1.165) is 53.4 Å². The molecule has 0 saturated carbocycles. The molecule has 0 aliphatic heterocycles. The van der Waals surface area contributed by atoms with Crippen LogP contribution in [0.4, 0.5) is 0 Å². The molecule has 1 aliphatic carbocycles. The number of aliphatic carboxylic acids is 1. The molecule has 2 aromatic rings. The first-order chi connectivity index (χ1) is 10.7. The highest BCUT2D eigenvalue weighted by atomic mass is 32.2. The number of thioether (sulfide) groups is 1. The van der Waals surface area contributed by atoms with Crippen molar-refractivity contribution in [1.29, 1.82) is 5.26 Å². The molecule has 0 atom stereocenters. The molecule has 2 aromatic heterocycles. The van der Waals surface area contributed by atoms with Crippen LogP contribution in [0.25, 0.3) is 11.1 Å². The van der Waals surface area contributed by atoms with E-state index in [9.17, 15) is 15.2 Å². The Balaban J connectivity index is 2.18. The molecule has 5 nitrogen and oxygen atoms in total. The summed E-state index contributed by atoms with van der Waals surface area (Å²) in [5.41, 5.74) is 4.19. The van der Waals surface area contributed by atoms with Gasteiger partial charge in [0.15, 0.2) is 0 Å². The first-order valence-electron chi connectivity index (χ1n) is 6.89. The van der Waals surface area contributed by atoms with Gasteiger partial charge in [-0.15, -0.1) is 0 Å². The number of carboxylic acid groups (broad SMARTS) is 1. The average Bonchev–Trinajstić information content (AvgIpc) is 3.00. The van der Waals surface area contributed by atoms with Crippen molar-refractivity contribution >= 4 is 17.7 Å². The van der Waals surface area contributed by atoms with Crippen LogP contribution < -0.4 is 5.11 Å². The van der Waals surface area contributed by atoms with E-state index in [1.165, 1.54) is 0 Å². The Morgan fingerprint density at radius 2 is 2.32 bits per heavy atom. The van der Waals surface area contributed by atoms with Gasteiger partial charge >= 0.3 is 0 Å². The number of rotatable bonds is 4. The van der Waals surface area contributed by atoms with Crippen molar-refractivity contribution in [3.8, 4) is 17.2 Å². The SMILES string of the molecule is N#Cc1c(SCC(=O)[O-])nc2c(c1-c1cccnc1)CCC2. The fourth-order valence-corrected chi connectivity index (χ4v) is 3.44. The number of fused-ring (bicyclic) bond motifs is 1. The van der Waals surface area contributed by atoms with Gasteiger partial charge in [-0.1, -0.05) is 17.8 Å². The van der Waals surface area contributed by atoms with Gasteiger partial charge in [-0.25, -0.2) is 4.98 Å². The summed E-state index contributed by atoms with van der Waals surface area (Å²) in [5, 5.41) is 20.7. The minimum Gasteiger partial charge on any atom is -0.549 e. The van der Waals surface area contributed by atoms with Crippen LogP contribution in [0, 0.1) is 11.3 Å². The Morgan fingerprint density at radius 3 is 3.00 bits per heavy atom. The zero-order valence-electron chi connectivity index (χ0n) is 11.7. The summed E-state index contributed by atoms with van der Waals surface area (Å²) in [6, 6.07) is 5.93. The lowest BCUT2D eigenvalue weighted by molar-refractivity contribution is -0.301. The lowest BCUT2D eigenvalue weighted by Crippen LogP contribution is -2.24. The molecule has 2 heterocycles. The van der Waals surface area contributed by atoms with Crippen molar-refractivity contribution in [3.63, 3.8) is 0 Å². The summed E-state index contributed by atoms with van der Waals surface area (Å²) in [7, 11) is 0. The molecule has 0 aromatic carbocycles. The zero-order chi connectivity index (χ0) is 15.5. The van der Waals surface area contributed by atoms with Gasteiger partial charge < -0.3 is 9.90 Å². The number of pyridine rings is 2. The van der Waals surface area contributed by atoms with Crippen molar-refractivity contribution in [2.24, 2.45) is 0 Å². The van der Waals surface area contributed by atoms with E-state index in [1.807, 2.05) is 12.1 Å². The zero-order valence-corrected chi connectivity index (χ0v) is 12.5. The maximum Gasteiger partial charge on any atom is 0.115 e. The molecule has 0 unspecified atom stereocenters. The van der Waals surface area contributed by atoms with Crippen LogP contribution >= 0.6 is 11.8 Å². The predicted octanol–water partition coefficient (Wildman–Crippen LogP) is 1.35. The third kappa shape index (κ3) is 2.68. The molecule has 0 radical (unpaired) electrons. The largest absolute Gasteiger partial charge is 0.549 e. The van der Waals surface area contributed by atoms with E-state index in [4.69, 9.17) is 0 Å². The van der Waals surface area contributed by atoms with Crippen molar-refractivity contribution in [3.05, 3.63) is 41.3 Å². The summed E-state index contributed by atoms with van der Waals surface area (Å²) in [5.74, 6) is -1.38. The summed E-state index contributed by atoms with van der Waals surface area (Å²) in [6.45, 7) is 0. The number of nitrogens with zero attached hydrogens (tertiary/aromatic N) is 3. The highest BCUT2D eigenvalue weighted by Gasteiger charge is 2.24. The number of hydrogen-bond acceptors (Lipinski definition) is 6. The Labute approximate surface area is 132 Å². The molecule has 0 bridgehead atoms. The van der Waals surface area contributed by atoms with Crippen LogP contribution in [-0.4, -0.2) is 21.7 Å². The fraction of sp³-hybridized carbons (Fsp3) is 0.250. The van der Waals surface area contributed by atoms with Crippen LogP contribution in [-0.2, 0) is 17.6 Å². The molecular formula is C16H12N3O2S-. The summed E-state index contributed by atoms with van der Waals surface area (Å²) in [4.78, 5) is 19.3. The topological polar surface area (TPSA) is 89.7 Å². The van der Waals surface area contributed by atoms with E-state index in [1.54, 1.807) is 12.4 Å². The van der Waals surface area contributed by atoms with E-state index in [-0.39, 0.29) is 5.75 Å². The maximum atomic E-state index is 10.7. The highest BCUT2D eigenvalue weighted by molar-refractivity contribution is 7.99. The first kappa shape index (κ1) is 14.5. The molecule has 0 fully saturated rings. The van der Waals surface area contributed by atoms with Gasteiger partial charge in [0.05, 0.1) is 11.5 Å². The Bertz CT molecular complexity index is 769. The number of carboxylic acids is 1. The average molecular weight is 310 g/mol. The smallest absolute Gasteiger partial charge is 0.115 e. The lowest BCUT2D eigenvalue weighted by Gasteiger charge is -2.14. The minimum absolute atomic E-state index is 0.215. The van der Waals surface area contributed by atoms with E-state index >= 15 is 0 Å². The number of aryl methyl sites for hydroxylation is 1. The van der Waals surface area contributed by atoms with Crippen LogP contribution in [0.5, 0.6) is 0 Å².